The van der Waals surface area contributed by atoms with Crippen molar-refractivity contribution in [1.82, 2.24) is 35.0 Å². The molecule has 0 aromatic carbocycles. The van der Waals surface area contributed by atoms with E-state index in [9.17, 15) is 9.59 Å². The zero-order chi connectivity index (χ0) is 16.2. The molecule has 9 nitrogen and oxygen atoms in total. The Labute approximate surface area is 136 Å². The SMILES string of the molecule is C[C@@H](C(=O)N1CCCN(C(=O)c2cscn2)CC1)n1cnnn1. The summed E-state index contributed by atoms with van der Waals surface area (Å²) in [6.45, 7) is 4.01. The van der Waals surface area contributed by atoms with Crippen LogP contribution < -0.4 is 0 Å². The molecule has 2 amide bonds. The molecule has 0 spiro atoms. The Kier molecular flexibility index (Phi) is 4.60. The van der Waals surface area contributed by atoms with Crippen LogP contribution in [-0.2, 0) is 4.79 Å². The number of rotatable bonds is 3. The third-order valence-electron chi connectivity index (χ3n) is 3.87. The van der Waals surface area contributed by atoms with Gasteiger partial charge in [-0.15, -0.1) is 16.4 Å². The van der Waals surface area contributed by atoms with Gasteiger partial charge in [-0.05, 0) is 23.8 Å². The molecule has 0 radical (unpaired) electrons. The maximum atomic E-state index is 12.5. The van der Waals surface area contributed by atoms with Gasteiger partial charge < -0.3 is 9.80 Å². The standard InChI is InChI=1S/C13H17N7O2S/c1-10(20-8-15-16-17-20)12(21)18-3-2-4-19(6-5-18)13(22)11-7-23-9-14-11/h7-10H,2-6H2,1H3/t10-/m0/s1. The molecule has 1 fully saturated rings. The van der Waals surface area contributed by atoms with Crippen molar-refractivity contribution in [2.45, 2.75) is 19.4 Å². The van der Waals surface area contributed by atoms with Crippen LogP contribution in [0.15, 0.2) is 17.2 Å². The number of carbonyl (C=O) groups excluding carboxylic acids is 2. The first-order valence-electron chi connectivity index (χ1n) is 7.35. The second-order valence-corrected chi connectivity index (χ2v) is 6.03. The zero-order valence-corrected chi connectivity index (χ0v) is 13.5. The molecule has 0 aliphatic carbocycles. The Morgan fingerprint density at radius 2 is 2.00 bits per heavy atom. The normalized spacial score (nSPS) is 16.9. The lowest BCUT2D eigenvalue weighted by Gasteiger charge is -2.24. The van der Waals surface area contributed by atoms with E-state index < -0.39 is 6.04 Å². The van der Waals surface area contributed by atoms with Crippen LogP contribution in [0, 0.1) is 0 Å². The molecule has 0 unspecified atom stereocenters. The second-order valence-electron chi connectivity index (χ2n) is 5.31. The van der Waals surface area contributed by atoms with Crippen LogP contribution in [0.25, 0.3) is 0 Å². The maximum absolute atomic E-state index is 12.5. The van der Waals surface area contributed by atoms with E-state index in [1.165, 1.54) is 22.3 Å². The lowest BCUT2D eigenvalue weighted by atomic mass is 10.2. The number of hydrogen-bond acceptors (Lipinski definition) is 7. The predicted molar refractivity (Wildman–Crippen MR) is 81.7 cm³/mol. The molecule has 1 aliphatic heterocycles. The predicted octanol–water partition coefficient (Wildman–Crippen LogP) is 0.0653. The van der Waals surface area contributed by atoms with Gasteiger partial charge in [0.15, 0.2) is 0 Å². The van der Waals surface area contributed by atoms with Crippen LogP contribution in [-0.4, -0.2) is 73.0 Å². The highest BCUT2D eigenvalue weighted by Gasteiger charge is 2.27. The summed E-state index contributed by atoms with van der Waals surface area (Å²) >= 11 is 1.40. The van der Waals surface area contributed by atoms with E-state index in [4.69, 9.17) is 0 Å². The summed E-state index contributed by atoms with van der Waals surface area (Å²) in [5.41, 5.74) is 2.12. The molecule has 0 N–H and O–H groups in total. The molecule has 1 aliphatic rings. The minimum atomic E-state index is -0.453. The highest BCUT2D eigenvalue weighted by molar-refractivity contribution is 7.07. The largest absolute Gasteiger partial charge is 0.339 e. The van der Waals surface area contributed by atoms with Gasteiger partial charge in [0, 0.05) is 31.6 Å². The molecule has 0 bridgehead atoms. The number of amides is 2. The highest BCUT2D eigenvalue weighted by Crippen LogP contribution is 2.13. The molecule has 2 aromatic heterocycles. The monoisotopic (exact) mass is 335 g/mol. The molecule has 1 atom stereocenters. The lowest BCUT2D eigenvalue weighted by Crippen LogP contribution is -2.40. The minimum absolute atomic E-state index is 0.0414. The number of thiazole rings is 1. The molecule has 122 valence electrons. The Morgan fingerprint density at radius 1 is 1.22 bits per heavy atom. The second kappa shape index (κ2) is 6.82. The quantitative estimate of drug-likeness (QED) is 0.787. The first-order chi connectivity index (χ1) is 11.2. The van der Waals surface area contributed by atoms with Crippen molar-refractivity contribution in [2.75, 3.05) is 26.2 Å². The Morgan fingerprint density at radius 3 is 2.70 bits per heavy atom. The first kappa shape index (κ1) is 15.5. The fraction of sp³-hybridized carbons (Fsp3) is 0.538. The van der Waals surface area contributed by atoms with Gasteiger partial charge in [0.25, 0.3) is 5.91 Å². The number of hydrogen-bond donors (Lipinski definition) is 0. The molecule has 0 saturated carbocycles. The van der Waals surface area contributed by atoms with Crippen LogP contribution >= 0.6 is 11.3 Å². The number of tetrazole rings is 1. The van der Waals surface area contributed by atoms with Crippen molar-refractivity contribution in [2.24, 2.45) is 0 Å². The summed E-state index contributed by atoms with van der Waals surface area (Å²) in [6, 6.07) is -0.453. The fourth-order valence-electron chi connectivity index (χ4n) is 2.54. The zero-order valence-electron chi connectivity index (χ0n) is 12.7. The molecule has 10 heteroatoms. The van der Waals surface area contributed by atoms with Gasteiger partial charge in [-0.3, -0.25) is 9.59 Å². The van der Waals surface area contributed by atoms with Crippen LogP contribution in [0.5, 0.6) is 0 Å². The third kappa shape index (κ3) is 3.36. The van der Waals surface area contributed by atoms with Gasteiger partial charge >= 0.3 is 0 Å². The third-order valence-corrected chi connectivity index (χ3v) is 4.45. The van der Waals surface area contributed by atoms with Crippen LogP contribution in [0.3, 0.4) is 0 Å². The molecule has 2 aromatic rings. The molecule has 23 heavy (non-hydrogen) atoms. The molecule has 3 rings (SSSR count). The molecule has 1 saturated heterocycles. The topological polar surface area (TPSA) is 97.1 Å². The van der Waals surface area contributed by atoms with Crippen molar-refractivity contribution >= 4 is 23.2 Å². The minimum Gasteiger partial charge on any atom is -0.339 e. The maximum Gasteiger partial charge on any atom is 0.273 e. The van der Waals surface area contributed by atoms with Crippen LogP contribution in [0.4, 0.5) is 0 Å². The van der Waals surface area contributed by atoms with Crippen molar-refractivity contribution < 1.29 is 9.59 Å². The van der Waals surface area contributed by atoms with Crippen molar-refractivity contribution in [3.05, 3.63) is 22.9 Å². The van der Waals surface area contributed by atoms with Crippen LogP contribution in [0.2, 0.25) is 0 Å². The van der Waals surface area contributed by atoms with Crippen molar-refractivity contribution in [3.8, 4) is 0 Å². The molecule has 3 heterocycles. The fourth-order valence-corrected chi connectivity index (χ4v) is 3.07. The van der Waals surface area contributed by atoms with Gasteiger partial charge in [0.05, 0.1) is 5.51 Å². The van der Waals surface area contributed by atoms with Crippen molar-refractivity contribution in [1.29, 1.82) is 0 Å². The Balaban J connectivity index is 1.62. The number of carbonyl (C=O) groups is 2. The summed E-state index contributed by atoms with van der Waals surface area (Å²) in [5, 5.41) is 12.6. The number of nitrogens with zero attached hydrogens (tertiary/aromatic N) is 7. The van der Waals surface area contributed by atoms with E-state index in [1.54, 1.807) is 27.6 Å². The summed E-state index contributed by atoms with van der Waals surface area (Å²) in [4.78, 5) is 32.5. The average molecular weight is 335 g/mol. The van der Waals surface area contributed by atoms with Gasteiger partial charge in [-0.2, -0.15) is 0 Å². The summed E-state index contributed by atoms with van der Waals surface area (Å²) < 4.78 is 1.44. The average Bonchev–Trinajstić information content (AvgIpc) is 3.23. The van der Waals surface area contributed by atoms with Gasteiger partial charge in [0.2, 0.25) is 5.91 Å². The smallest absolute Gasteiger partial charge is 0.273 e. The van der Waals surface area contributed by atoms with E-state index in [1.807, 2.05) is 0 Å². The first-order valence-corrected chi connectivity index (χ1v) is 8.30. The van der Waals surface area contributed by atoms with E-state index >= 15 is 0 Å². The number of aromatic nitrogens is 5. The molecular formula is C13H17N7O2S. The molecular weight excluding hydrogens is 318 g/mol. The Hall–Kier alpha value is -2.36. The van der Waals surface area contributed by atoms with E-state index in [2.05, 4.69) is 20.5 Å². The van der Waals surface area contributed by atoms with Gasteiger partial charge in [-0.1, -0.05) is 0 Å². The van der Waals surface area contributed by atoms with Gasteiger partial charge in [0.1, 0.15) is 18.1 Å². The lowest BCUT2D eigenvalue weighted by molar-refractivity contribution is -0.134. The van der Waals surface area contributed by atoms with Crippen LogP contribution in [0.1, 0.15) is 29.9 Å². The summed E-state index contributed by atoms with van der Waals surface area (Å²) in [6.07, 6.45) is 2.17. The summed E-state index contributed by atoms with van der Waals surface area (Å²) in [7, 11) is 0. The van der Waals surface area contributed by atoms with E-state index in [-0.39, 0.29) is 11.8 Å². The van der Waals surface area contributed by atoms with E-state index in [0.29, 0.717) is 31.9 Å². The van der Waals surface area contributed by atoms with E-state index in [0.717, 1.165) is 6.42 Å². The highest BCUT2D eigenvalue weighted by atomic mass is 32.1. The summed E-state index contributed by atoms with van der Waals surface area (Å²) in [5.74, 6) is -0.116. The van der Waals surface area contributed by atoms with Crippen molar-refractivity contribution in [3.63, 3.8) is 0 Å². The van der Waals surface area contributed by atoms with Gasteiger partial charge in [-0.25, -0.2) is 9.67 Å². The Bertz CT molecular complexity index is 658.